The molecule has 0 aliphatic carbocycles. The summed E-state index contributed by atoms with van der Waals surface area (Å²) in [6.07, 6.45) is 3.18. The van der Waals surface area contributed by atoms with Crippen LogP contribution in [0.2, 0.25) is 0 Å². The van der Waals surface area contributed by atoms with Gasteiger partial charge in [0.1, 0.15) is 10.8 Å². The van der Waals surface area contributed by atoms with Crippen LogP contribution in [-0.4, -0.2) is 18.0 Å². The molecule has 3 aromatic rings. The van der Waals surface area contributed by atoms with Gasteiger partial charge in [-0.15, -0.1) is 11.3 Å². The Morgan fingerprint density at radius 2 is 2.13 bits per heavy atom. The van der Waals surface area contributed by atoms with Gasteiger partial charge in [0.15, 0.2) is 0 Å². The van der Waals surface area contributed by atoms with E-state index < -0.39 is 0 Å². The van der Waals surface area contributed by atoms with Crippen LogP contribution >= 0.6 is 27.3 Å². The van der Waals surface area contributed by atoms with E-state index in [1.165, 1.54) is 6.08 Å². The molecular formula is C17H13BrN2O2S. The van der Waals surface area contributed by atoms with Crippen molar-refractivity contribution < 1.29 is 9.53 Å². The van der Waals surface area contributed by atoms with E-state index in [1.807, 2.05) is 30.3 Å². The van der Waals surface area contributed by atoms with Gasteiger partial charge < -0.3 is 10.1 Å². The number of hydrogen-bond donors (Lipinski definition) is 1. The predicted octanol–water partition coefficient (Wildman–Crippen LogP) is 4.72. The molecule has 0 saturated carbocycles. The molecule has 23 heavy (non-hydrogen) atoms. The first kappa shape index (κ1) is 15.7. The number of anilines is 1. The monoisotopic (exact) mass is 388 g/mol. The van der Waals surface area contributed by atoms with E-state index in [9.17, 15) is 4.79 Å². The van der Waals surface area contributed by atoms with Gasteiger partial charge in [0.2, 0.25) is 5.91 Å². The molecule has 0 bridgehead atoms. The van der Waals surface area contributed by atoms with Gasteiger partial charge in [-0.25, -0.2) is 4.98 Å². The Balaban J connectivity index is 1.75. The first-order valence-electron chi connectivity index (χ1n) is 6.84. The fourth-order valence-corrected chi connectivity index (χ4v) is 3.29. The third-order valence-corrected chi connectivity index (χ3v) is 4.60. The van der Waals surface area contributed by atoms with Crippen LogP contribution in [-0.2, 0) is 4.79 Å². The highest BCUT2D eigenvalue weighted by atomic mass is 79.9. The molecule has 0 aliphatic rings. The third kappa shape index (κ3) is 3.78. The summed E-state index contributed by atoms with van der Waals surface area (Å²) in [5.74, 6) is 0.371. The number of nitrogens with one attached hydrogen (secondary N) is 1. The number of hydrogen-bond acceptors (Lipinski definition) is 4. The molecule has 6 heteroatoms. The number of nitrogens with zero attached hydrogens (tertiary/aromatic N) is 1. The average Bonchev–Trinajstić information content (AvgIpc) is 2.96. The lowest BCUT2D eigenvalue weighted by Crippen LogP contribution is -2.08. The van der Waals surface area contributed by atoms with Gasteiger partial charge in [0.05, 0.1) is 23.0 Å². The number of rotatable bonds is 4. The molecule has 1 amide bonds. The highest BCUT2D eigenvalue weighted by Gasteiger charge is 2.06. The van der Waals surface area contributed by atoms with Gasteiger partial charge in [-0.05, 0) is 36.4 Å². The Kier molecular flexibility index (Phi) is 4.73. The maximum atomic E-state index is 12.1. The second-order valence-corrected chi connectivity index (χ2v) is 6.66. The van der Waals surface area contributed by atoms with Gasteiger partial charge >= 0.3 is 0 Å². The smallest absolute Gasteiger partial charge is 0.248 e. The van der Waals surface area contributed by atoms with E-state index in [1.54, 1.807) is 36.7 Å². The van der Waals surface area contributed by atoms with Gasteiger partial charge in [-0.3, -0.25) is 4.79 Å². The number of methoxy groups -OCH3 is 1. The third-order valence-electron chi connectivity index (χ3n) is 3.11. The average molecular weight is 389 g/mol. The van der Waals surface area contributed by atoms with Crippen molar-refractivity contribution in [3.63, 3.8) is 0 Å². The predicted molar refractivity (Wildman–Crippen MR) is 98.0 cm³/mol. The molecule has 0 unspecified atom stereocenters. The highest BCUT2D eigenvalue weighted by Crippen LogP contribution is 2.28. The van der Waals surface area contributed by atoms with Crippen LogP contribution in [0.5, 0.6) is 5.75 Å². The first-order valence-corrected chi connectivity index (χ1v) is 8.45. The Labute approximate surface area is 145 Å². The largest absolute Gasteiger partial charge is 0.495 e. The number of halogens is 1. The number of ether oxygens (including phenoxy) is 1. The minimum Gasteiger partial charge on any atom is -0.495 e. The first-order chi connectivity index (χ1) is 11.2. The van der Waals surface area contributed by atoms with E-state index in [-0.39, 0.29) is 5.91 Å². The number of amides is 1. The molecule has 0 spiro atoms. The fourth-order valence-electron chi connectivity index (χ4n) is 2.06. The zero-order valence-electron chi connectivity index (χ0n) is 12.2. The molecule has 4 nitrogen and oxygen atoms in total. The number of carbonyl (C=O) groups is 1. The van der Waals surface area contributed by atoms with Crippen molar-refractivity contribution in [2.45, 2.75) is 0 Å². The van der Waals surface area contributed by atoms with E-state index in [0.717, 1.165) is 19.7 Å². The molecule has 2 aromatic carbocycles. The summed E-state index contributed by atoms with van der Waals surface area (Å²) in [7, 11) is 1.57. The molecule has 116 valence electrons. The van der Waals surface area contributed by atoms with Crippen molar-refractivity contribution in [2.24, 2.45) is 0 Å². The number of aromatic nitrogens is 1. The number of fused-ring (bicyclic) bond motifs is 1. The number of carbonyl (C=O) groups excluding carboxylic acids is 1. The normalized spacial score (nSPS) is 11.0. The van der Waals surface area contributed by atoms with E-state index in [4.69, 9.17) is 4.74 Å². The summed E-state index contributed by atoms with van der Waals surface area (Å²) in [5, 5.41) is 3.60. The Morgan fingerprint density at radius 3 is 2.91 bits per heavy atom. The maximum absolute atomic E-state index is 12.1. The Hall–Kier alpha value is -2.18. The lowest BCUT2D eigenvalue weighted by molar-refractivity contribution is -0.111. The van der Waals surface area contributed by atoms with Crippen LogP contribution in [0.1, 0.15) is 5.01 Å². The van der Waals surface area contributed by atoms with Crippen LogP contribution in [0.4, 0.5) is 5.69 Å². The lowest BCUT2D eigenvalue weighted by atomic mass is 10.3. The zero-order chi connectivity index (χ0) is 16.2. The van der Waals surface area contributed by atoms with Crippen molar-refractivity contribution in [1.82, 2.24) is 4.98 Å². The van der Waals surface area contributed by atoms with Gasteiger partial charge in [-0.2, -0.15) is 0 Å². The van der Waals surface area contributed by atoms with E-state index in [0.29, 0.717) is 11.4 Å². The molecule has 0 saturated heterocycles. The van der Waals surface area contributed by atoms with Crippen molar-refractivity contribution in [3.05, 3.63) is 58.0 Å². The maximum Gasteiger partial charge on any atom is 0.248 e. The van der Waals surface area contributed by atoms with Crippen molar-refractivity contribution in [2.75, 3.05) is 12.4 Å². The Morgan fingerprint density at radius 1 is 1.30 bits per heavy atom. The van der Waals surface area contributed by atoms with Gasteiger partial charge in [-0.1, -0.05) is 28.1 Å². The molecule has 1 N–H and O–H groups in total. The van der Waals surface area contributed by atoms with Crippen LogP contribution in [0.3, 0.4) is 0 Å². The SMILES string of the molecule is COc1ccc(Br)cc1NC(=O)/C=C/c1nc2ccccc2s1. The summed E-state index contributed by atoms with van der Waals surface area (Å²) in [6.45, 7) is 0. The minimum atomic E-state index is -0.236. The summed E-state index contributed by atoms with van der Waals surface area (Å²) in [4.78, 5) is 16.5. The number of para-hydroxylation sites is 1. The van der Waals surface area contributed by atoms with E-state index >= 15 is 0 Å². The molecule has 0 fully saturated rings. The number of thiazole rings is 1. The second-order valence-electron chi connectivity index (χ2n) is 4.69. The Bertz CT molecular complexity index is 856. The minimum absolute atomic E-state index is 0.236. The van der Waals surface area contributed by atoms with Crippen LogP contribution in [0.25, 0.3) is 16.3 Å². The molecule has 0 radical (unpaired) electrons. The topological polar surface area (TPSA) is 51.2 Å². The molecule has 3 rings (SSSR count). The van der Waals surface area contributed by atoms with E-state index in [2.05, 4.69) is 26.2 Å². The van der Waals surface area contributed by atoms with Crippen molar-refractivity contribution in [1.29, 1.82) is 0 Å². The van der Waals surface area contributed by atoms with Gasteiger partial charge in [0, 0.05) is 10.5 Å². The molecule has 1 heterocycles. The highest BCUT2D eigenvalue weighted by molar-refractivity contribution is 9.10. The second kappa shape index (κ2) is 6.93. The summed E-state index contributed by atoms with van der Waals surface area (Å²) >= 11 is 4.92. The van der Waals surface area contributed by atoms with Crippen LogP contribution in [0, 0.1) is 0 Å². The van der Waals surface area contributed by atoms with Gasteiger partial charge in [0.25, 0.3) is 0 Å². The molecule has 0 atom stereocenters. The van der Waals surface area contributed by atoms with Crippen molar-refractivity contribution >= 4 is 55.2 Å². The molecule has 1 aromatic heterocycles. The van der Waals surface area contributed by atoms with Crippen LogP contribution < -0.4 is 10.1 Å². The number of benzene rings is 2. The summed E-state index contributed by atoms with van der Waals surface area (Å²) < 4.78 is 7.20. The lowest BCUT2D eigenvalue weighted by Gasteiger charge is -2.08. The summed E-state index contributed by atoms with van der Waals surface area (Å²) in [5.41, 5.74) is 1.55. The standard InChI is InChI=1S/C17H13BrN2O2S/c1-22-14-7-6-11(18)10-13(14)19-16(21)8-9-17-20-12-4-2-3-5-15(12)23-17/h2-10H,1H3,(H,19,21)/b9-8+. The summed E-state index contributed by atoms with van der Waals surface area (Å²) in [6, 6.07) is 13.3. The fraction of sp³-hybridized carbons (Fsp3) is 0.0588. The van der Waals surface area contributed by atoms with Crippen LogP contribution in [0.15, 0.2) is 53.0 Å². The quantitative estimate of drug-likeness (QED) is 0.657. The molecular weight excluding hydrogens is 376 g/mol. The molecule has 0 aliphatic heterocycles. The van der Waals surface area contributed by atoms with Crippen molar-refractivity contribution in [3.8, 4) is 5.75 Å². The zero-order valence-corrected chi connectivity index (χ0v) is 14.6.